The first-order chi connectivity index (χ1) is 22.6. The minimum Gasteiger partial charge on any atom is -0.423 e. The summed E-state index contributed by atoms with van der Waals surface area (Å²) in [7, 11) is 0. The van der Waals surface area contributed by atoms with E-state index in [1.54, 1.807) is 0 Å². The molecule has 0 spiro atoms. The molecule has 0 atom stereocenters. The molecule has 1 saturated heterocycles. The van der Waals surface area contributed by atoms with E-state index in [9.17, 15) is 4.79 Å². The van der Waals surface area contributed by atoms with Crippen LogP contribution in [0.3, 0.4) is 0 Å². The summed E-state index contributed by atoms with van der Waals surface area (Å²) in [6, 6.07) is 26.4. The number of aryl methyl sites for hydroxylation is 2. The Morgan fingerprint density at radius 1 is 0.848 bits per heavy atom. The summed E-state index contributed by atoms with van der Waals surface area (Å²) in [6.07, 6.45) is 11.1. The van der Waals surface area contributed by atoms with Gasteiger partial charge in [0.25, 0.3) is 0 Å². The highest BCUT2D eigenvalue weighted by atomic mass is 32.1. The third-order valence-corrected chi connectivity index (χ3v) is 10.2. The van der Waals surface area contributed by atoms with Gasteiger partial charge in [-0.3, -0.25) is 0 Å². The second-order valence-corrected chi connectivity index (χ2v) is 13.8. The number of hydrogen-bond donors (Lipinski definition) is 0. The summed E-state index contributed by atoms with van der Waals surface area (Å²) in [5.41, 5.74) is 5.92. The van der Waals surface area contributed by atoms with E-state index < -0.39 is 0 Å². The van der Waals surface area contributed by atoms with E-state index in [4.69, 9.17) is 9.72 Å². The summed E-state index contributed by atoms with van der Waals surface area (Å²) in [5, 5.41) is 9.45. The summed E-state index contributed by atoms with van der Waals surface area (Å²) in [5.74, 6) is 0.169. The Kier molecular flexibility index (Phi) is 10.7. The Hall–Kier alpha value is -4.14. The van der Waals surface area contributed by atoms with Gasteiger partial charge in [0.15, 0.2) is 0 Å². The first-order valence-corrected chi connectivity index (χ1v) is 18.0. The lowest BCUT2D eigenvalue weighted by molar-refractivity contribution is -0.127. The van der Waals surface area contributed by atoms with Gasteiger partial charge in [-0.05, 0) is 104 Å². The number of aromatic nitrogens is 1. The molecule has 46 heavy (non-hydrogen) atoms. The van der Waals surface area contributed by atoms with Gasteiger partial charge in [0, 0.05) is 23.7 Å². The van der Waals surface area contributed by atoms with Crippen molar-refractivity contribution in [1.29, 1.82) is 0 Å². The third kappa shape index (κ3) is 8.17. The van der Waals surface area contributed by atoms with Crippen molar-refractivity contribution in [2.24, 2.45) is 10.2 Å². The molecule has 3 heterocycles. The van der Waals surface area contributed by atoms with Crippen LogP contribution in [-0.2, 0) is 17.6 Å². The van der Waals surface area contributed by atoms with Gasteiger partial charge in [0.05, 0.1) is 16.0 Å². The van der Waals surface area contributed by atoms with Crippen LogP contribution in [0, 0.1) is 0 Å². The van der Waals surface area contributed by atoms with Crippen LogP contribution in [0.4, 0.5) is 16.5 Å². The van der Waals surface area contributed by atoms with Crippen LogP contribution in [0.15, 0.2) is 89.1 Å². The fraction of sp³-hybridized carbons (Fsp3) is 0.316. The topological polar surface area (TPSA) is 67.2 Å². The number of azo groups is 1. The number of rotatable bonds is 13. The predicted octanol–water partition coefficient (Wildman–Crippen LogP) is 11.2. The molecule has 5 aromatic rings. The third-order valence-electron chi connectivity index (χ3n) is 8.21. The Morgan fingerprint density at radius 2 is 1.50 bits per heavy atom. The van der Waals surface area contributed by atoms with E-state index in [-0.39, 0.29) is 5.97 Å². The zero-order chi connectivity index (χ0) is 31.7. The normalized spacial score (nSPS) is 13.7. The zero-order valence-corrected chi connectivity index (χ0v) is 28.2. The van der Waals surface area contributed by atoms with Crippen LogP contribution in [0.25, 0.3) is 21.2 Å². The number of esters is 1. The number of ether oxygens (including phenoxy) is 1. The van der Waals surface area contributed by atoms with Gasteiger partial charge < -0.3 is 9.64 Å². The van der Waals surface area contributed by atoms with Crippen molar-refractivity contribution < 1.29 is 9.53 Å². The maximum Gasteiger partial charge on any atom is 0.344 e. The molecule has 1 fully saturated rings. The van der Waals surface area contributed by atoms with Crippen LogP contribution >= 0.6 is 22.7 Å². The standard InChI is InChI=1S/C38H40N4O2S2/c1-3-5-9-27-11-15-29(16-12-27)34(37(43)44-32-21-13-28(14-22-32)10-6-4-2)25-33-26-35-36(45-33)39-38(46-35)41-40-30-17-19-31(20-18-30)42-23-7-8-24-42/h11-22,25-26H,3-10,23-24H2,1-2H3/b34-25-,41-40?. The highest BCUT2D eigenvalue weighted by molar-refractivity contribution is 7.29. The maximum absolute atomic E-state index is 13.6. The molecule has 8 heteroatoms. The van der Waals surface area contributed by atoms with Crippen molar-refractivity contribution in [3.8, 4) is 5.75 Å². The fourth-order valence-electron chi connectivity index (χ4n) is 5.56. The quantitative estimate of drug-likeness (QED) is 0.0551. The summed E-state index contributed by atoms with van der Waals surface area (Å²) >= 11 is 3.03. The Balaban J connectivity index is 1.20. The molecule has 1 aliphatic heterocycles. The fourth-order valence-corrected chi connectivity index (χ4v) is 7.55. The molecule has 0 bridgehead atoms. The molecule has 0 amide bonds. The van der Waals surface area contributed by atoms with Gasteiger partial charge in [-0.25, -0.2) is 9.78 Å². The van der Waals surface area contributed by atoms with E-state index in [2.05, 4.69) is 59.3 Å². The smallest absolute Gasteiger partial charge is 0.344 e. The number of fused-ring (bicyclic) bond motifs is 1. The van der Waals surface area contributed by atoms with Gasteiger partial charge in [0.2, 0.25) is 5.13 Å². The van der Waals surface area contributed by atoms with Gasteiger partial charge in [-0.2, -0.15) is 0 Å². The molecule has 1 aliphatic rings. The number of anilines is 1. The second kappa shape index (κ2) is 15.4. The zero-order valence-electron chi connectivity index (χ0n) is 26.6. The maximum atomic E-state index is 13.6. The highest BCUT2D eigenvalue weighted by Crippen LogP contribution is 2.37. The van der Waals surface area contributed by atoms with E-state index in [1.165, 1.54) is 52.3 Å². The number of thiophene rings is 1. The Morgan fingerprint density at radius 3 is 2.13 bits per heavy atom. The molecule has 0 unspecified atom stereocenters. The molecular weight excluding hydrogens is 609 g/mol. The minimum absolute atomic E-state index is 0.377. The lowest BCUT2D eigenvalue weighted by Crippen LogP contribution is -2.17. The summed E-state index contributed by atoms with van der Waals surface area (Å²) < 4.78 is 6.91. The summed E-state index contributed by atoms with van der Waals surface area (Å²) in [4.78, 5) is 22.6. The molecule has 0 radical (unpaired) electrons. The van der Waals surface area contributed by atoms with Crippen molar-refractivity contribution in [1.82, 2.24) is 4.98 Å². The lowest BCUT2D eigenvalue weighted by atomic mass is 10.0. The average molecular weight is 649 g/mol. The number of thiazole rings is 1. The predicted molar refractivity (Wildman–Crippen MR) is 193 cm³/mol. The van der Waals surface area contributed by atoms with Crippen molar-refractivity contribution >= 4 is 66.3 Å². The van der Waals surface area contributed by atoms with Gasteiger partial charge in [0.1, 0.15) is 10.6 Å². The van der Waals surface area contributed by atoms with E-state index in [0.29, 0.717) is 16.5 Å². The molecule has 6 nitrogen and oxygen atoms in total. The molecule has 0 aliphatic carbocycles. The van der Waals surface area contributed by atoms with Crippen molar-refractivity contribution in [2.75, 3.05) is 18.0 Å². The van der Waals surface area contributed by atoms with Gasteiger partial charge in [-0.15, -0.1) is 21.6 Å². The number of nitrogens with zero attached hydrogens (tertiary/aromatic N) is 4. The number of carbonyl (C=O) groups is 1. The molecule has 3 aromatic carbocycles. The Bertz CT molecular complexity index is 1770. The van der Waals surface area contributed by atoms with Crippen LogP contribution in [0.2, 0.25) is 0 Å². The number of benzene rings is 3. The molecule has 236 valence electrons. The average Bonchev–Trinajstić information content (AvgIpc) is 3.84. The van der Waals surface area contributed by atoms with Crippen LogP contribution in [0.5, 0.6) is 5.75 Å². The first kappa shape index (κ1) is 31.8. The molecule has 0 saturated carbocycles. The van der Waals surface area contributed by atoms with Crippen molar-refractivity contribution in [3.05, 3.63) is 100 Å². The van der Waals surface area contributed by atoms with Crippen LogP contribution in [0.1, 0.15) is 73.9 Å². The minimum atomic E-state index is -0.377. The van der Waals surface area contributed by atoms with E-state index >= 15 is 0 Å². The van der Waals surface area contributed by atoms with E-state index in [0.717, 1.165) is 77.3 Å². The number of hydrogen-bond acceptors (Lipinski definition) is 8. The highest BCUT2D eigenvalue weighted by Gasteiger charge is 2.17. The largest absolute Gasteiger partial charge is 0.423 e. The van der Waals surface area contributed by atoms with Crippen LogP contribution in [-0.4, -0.2) is 24.0 Å². The van der Waals surface area contributed by atoms with E-state index in [1.807, 2.05) is 54.6 Å². The molecule has 6 rings (SSSR count). The molecule has 2 aromatic heterocycles. The SMILES string of the molecule is CCCCc1ccc(OC(=O)/C(=C\c2cc3sc(N=Nc4ccc(N5CCCC5)cc4)nc3s2)c2ccc(CCCC)cc2)cc1. The number of carbonyl (C=O) groups excluding carboxylic acids is 1. The van der Waals surface area contributed by atoms with Gasteiger partial charge >= 0.3 is 5.97 Å². The Labute approximate surface area is 279 Å². The number of unbranched alkanes of at least 4 members (excludes halogenated alkanes) is 2. The lowest BCUT2D eigenvalue weighted by Gasteiger charge is -2.17. The van der Waals surface area contributed by atoms with Crippen molar-refractivity contribution in [2.45, 2.75) is 65.2 Å². The van der Waals surface area contributed by atoms with Crippen LogP contribution < -0.4 is 9.64 Å². The van der Waals surface area contributed by atoms with Gasteiger partial charge in [-0.1, -0.05) is 74.4 Å². The van der Waals surface area contributed by atoms with Crippen molar-refractivity contribution in [3.63, 3.8) is 0 Å². The first-order valence-electron chi connectivity index (χ1n) is 16.4. The second-order valence-electron chi connectivity index (χ2n) is 11.7. The summed E-state index contributed by atoms with van der Waals surface area (Å²) in [6.45, 7) is 6.62. The monoisotopic (exact) mass is 648 g/mol. The molecular formula is C38H40N4O2S2. The molecule has 0 N–H and O–H groups in total.